The molecule has 0 saturated carbocycles. The van der Waals surface area contributed by atoms with Gasteiger partial charge in [0.25, 0.3) is 10.0 Å². The van der Waals surface area contributed by atoms with Crippen LogP contribution in [-0.2, 0) is 10.0 Å². The lowest BCUT2D eigenvalue weighted by atomic mass is 10.3. The highest BCUT2D eigenvalue weighted by Gasteiger charge is 2.24. The normalized spacial score (nSPS) is 14.2. The molecular formula is C20H24N6O3S. The van der Waals surface area contributed by atoms with Crippen molar-refractivity contribution < 1.29 is 12.9 Å². The second-order valence-corrected chi connectivity index (χ2v) is 8.97. The van der Waals surface area contributed by atoms with Crippen LogP contribution in [0.5, 0.6) is 0 Å². The van der Waals surface area contributed by atoms with Crippen LogP contribution in [0.2, 0.25) is 0 Å². The van der Waals surface area contributed by atoms with E-state index in [4.69, 9.17) is 4.52 Å². The van der Waals surface area contributed by atoms with E-state index in [9.17, 15) is 8.42 Å². The van der Waals surface area contributed by atoms with Gasteiger partial charge in [0.05, 0.1) is 0 Å². The zero-order valence-electron chi connectivity index (χ0n) is 17.1. The van der Waals surface area contributed by atoms with Crippen molar-refractivity contribution in [1.29, 1.82) is 0 Å². The van der Waals surface area contributed by atoms with Gasteiger partial charge in [-0.15, -0.1) is 0 Å². The van der Waals surface area contributed by atoms with Crippen LogP contribution < -0.4 is 14.9 Å². The van der Waals surface area contributed by atoms with Crippen LogP contribution in [0, 0.1) is 20.8 Å². The molecule has 0 radical (unpaired) electrons. The fourth-order valence-corrected chi connectivity index (χ4v) is 4.90. The highest BCUT2D eigenvalue weighted by molar-refractivity contribution is 7.92. The Morgan fingerprint density at radius 1 is 1.00 bits per heavy atom. The summed E-state index contributed by atoms with van der Waals surface area (Å²) in [6.07, 6.45) is 2.32. The van der Waals surface area contributed by atoms with Crippen LogP contribution in [0.4, 0.5) is 23.1 Å². The zero-order chi connectivity index (χ0) is 21.3. The zero-order valence-corrected chi connectivity index (χ0v) is 18.0. The first-order valence-corrected chi connectivity index (χ1v) is 11.2. The highest BCUT2D eigenvalue weighted by atomic mass is 32.2. The maximum Gasteiger partial charge on any atom is 0.267 e. The van der Waals surface area contributed by atoms with Gasteiger partial charge in [-0.3, -0.25) is 4.72 Å². The first-order chi connectivity index (χ1) is 14.3. The number of anilines is 4. The van der Waals surface area contributed by atoms with E-state index in [0.717, 1.165) is 43.3 Å². The molecule has 0 spiro atoms. The molecule has 4 rings (SSSR count). The molecule has 9 nitrogen and oxygen atoms in total. The highest BCUT2D eigenvalue weighted by Crippen LogP contribution is 2.25. The quantitative estimate of drug-likeness (QED) is 0.613. The fraction of sp³-hybridized carbons (Fsp3) is 0.350. The third kappa shape index (κ3) is 4.23. The van der Waals surface area contributed by atoms with Gasteiger partial charge in [0.2, 0.25) is 5.95 Å². The van der Waals surface area contributed by atoms with E-state index in [1.165, 1.54) is 0 Å². The molecule has 1 aromatic carbocycles. The van der Waals surface area contributed by atoms with Gasteiger partial charge in [0.1, 0.15) is 11.5 Å². The number of hydrogen-bond donors (Lipinski definition) is 2. The van der Waals surface area contributed by atoms with E-state index in [1.54, 1.807) is 38.1 Å². The van der Waals surface area contributed by atoms with E-state index >= 15 is 0 Å². The maximum atomic E-state index is 12.6. The van der Waals surface area contributed by atoms with Crippen molar-refractivity contribution in [2.24, 2.45) is 0 Å². The van der Waals surface area contributed by atoms with Crippen LogP contribution >= 0.6 is 0 Å². The predicted octanol–water partition coefficient (Wildman–Crippen LogP) is 3.53. The molecule has 2 N–H and O–H groups in total. The minimum Gasteiger partial charge on any atom is -0.360 e. The van der Waals surface area contributed by atoms with Crippen LogP contribution in [-0.4, -0.2) is 36.6 Å². The van der Waals surface area contributed by atoms with Crippen LogP contribution in [0.25, 0.3) is 0 Å². The van der Waals surface area contributed by atoms with E-state index in [-0.39, 0.29) is 10.7 Å². The number of aromatic nitrogens is 3. The third-order valence-corrected chi connectivity index (χ3v) is 6.50. The van der Waals surface area contributed by atoms with Gasteiger partial charge in [-0.1, -0.05) is 5.16 Å². The number of nitrogens with one attached hydrogen (secondary N) is 2. The second kappa shape index (κ2) is 7.94. The Morgan fingerprint density at radius 3 is 2.30 bits per heavy atom. The van der Waals surface area contributed by atoms with Crippen molar-refractivity contribution in [2.75, 3.05) is 28.0 Å². The molecule has 0 aliphatic carbocycles. The third-order valence-electron chi connectivity index (χ3n) is 4.88. The van der Waals surface area contributed by atoms with Crippen molar-refractivity contribution in [3.8, 4) is 0 Å². The topological polar surface area (TPSA) is 113 Å². The summed E-state index contributed by atoms with van der Waals surface area (Å²) in [4.78, 5) is 11.4. The standard InChI is InChI=1S/C20H24N6O3S/c1-13-12-18(23-20(21-13)26-10-4-5-11-26)22-16-6-8-17(9-7-16)25-30(27,28)19-14(2)24-29-15(19)3/h6-9,12,25H,4-5,10-11H2,1-3H3,(H,21,22,23). The Hall–Kier alpha value is -3.14. The molecule has 1 aliphatic rings. The average molecular weight is 429 g/mol. The molecule has 30 heavy (non-hydrogen) atoms. The molecule has 158 valence electrons. The molecule has 3 heterocycles. The van der Waals surface area contributed by atoms with Crippen molar-refractivity contribution in [3.05, 3.63) is 47.5 Å². The molecule has 1 aliphatic heterocycles. The predicted molar refractivity (Wildman–Crippen MR) is 115 cm³/mol. The summed E-state index contributed by atoms with van der Waals surface area (Å²) in [6, 6.07) is 8.84. The Bertz CT molecular complexity index is 1130. The summed E-state index contributed by atoms with van der Waals surface area (Å²) in [6.45, 7) is 7.06. The average Bonchev–Trinajstić information content (AvgIpc) is 3.33. The largest absolute Gasteiger partial charge is 0.360 e. The van der Waals surface area contributed by atoms with Crippen LogP contribution in [0.1, 0.15) is 30.0 Å². The van der Waals surface area contributed by atoms with Gasteiger partial charge in [0.15, 0.2) is 10.7 Å². The molecule has 1 saturated heterocycles. The van der Waals surface area contributed by atoms with Crippen molar-refractivity contribution in [3.63, 3.8) is 0 Å². The molecule has 2 aromatic heterocycles. The Labute approximate surface area is 175 Å². The smallest absolute Gasteiger partial charge is 0.267 e. The van der Waals surface area contributed by atoms with Crippen LogP contribution in [0.15, 0.2) is 39.8 Å². The lowest BCUT2D eigenvalue weighted by Crippen LogP contribution is -2.21. The molecule has 0 bridgehead atoms. The second-order valence-electron chi connectivity index (χ2n) is 7.35. The molecule has 1 fully saturated rings. The summed E-state index contributed by atoms with van der Waals surface area (Å²) in [5.41, 5.74) is 2.45. The number of rotatable bonds is 6. The summed E-state index contributed by atoms with van der Waals surface area (Å²) < 4.78 is 32.8. The molecule has 10 heteroatoms. The Morgan fingerprint density at radius 2 is 1.67 bits per heavy atom. The van der Waals surface area contributed by atoms with Gasteiger partial charge in [-0.05, 0) is 57.9 Å². The number of sulfonamides is 1. The van der Waals surface area contributed by atoms with Gasteiger partial charge in [0, 0.05) is 36.2 Å². The van der Waals surface area contributed by atoms with E-state index < -0.39 is 10.0 Å². The van der Waals surface area contributed by atoms with Crippen molar-refractivity contribution in [2.45, 2.75) is 38.5 Å². The summed E-state index contributed by atoms with van der Waals surface area (Å²) in [7, 11) is -3.78. The lowest BCUT2D eigenvalue weighted by Gasteiger charge is -2.17. The van der Waals surface area contributed by atoms with Crippen molar-refractivity contribution >= 4 is 33.2 Å². The Kier molecular flexibility index (Phi) is 5.33. The SMILES string of the molecule is Cc1cc(Nc2ccc(NS(=O)(=O)c3c(C)noc3C)cc2)nc(N2CCCC2)n1. The number of benzene rings is 1. The number of aryl methyl sites for hydroxylation is 3. The maximum absolute atomic E-state index is 12.6. The molecule has 0 amide bonds. The summed E-state index contributed by atoms with van der Waals surface area (Å²) in [5.74, 6) is 1.69. The van der Waals surface area contributed by atoms with E-state index in [2.05, 4.69) is 30.1 Å². The monoisotopic (exact) mass is 428 g/mol. The van der Waals surface area contributed by atoms with E-state index in [0.29, 0.717) is 17.2 Å². The molecule has 0 atom stereocenters. The van der Waals surface area contributed by atoms with Gasteiger partial charge in [-0.25, -0.2) is 13.4 Å². The molecule has 0 unspecified atom stereocenters. The minimum absolute atomic E-state index is 0.0654. The molecule has 3 aromatic rings. The van der Waals surface area contributed by atoms with Crippen molar-refractivity contribution in [1.82, 2.24) is 15.1 Å². The van der Waals surface area contributed by atoms with Crippen LogP contribution in [0.3, 0.4) is 0 Å². The number of hydrogen-bond acceptors (Lipinski definition) is 8. The van der Waals surface area contributed by atoms with E-state index in [1.807, 2.05) is 13.0 Å². The lowest BCUT2D eigenvalue weighted by molar-refractivity contribution is 0.390. The van der Waals surface area contributed by atoms with Gasteiger partial charge in [-0.2, -0.15) is 4.98 Å². The first-order valence-electron chi connectivity index (χ1n) is 9.75. The molecular weight excluding hydrogens is 404 g/mol. The minimum atomic E-state index is -3.78. The summed E-state index contributed by atoms with van der Waals surface area (Å²) >= 11 is 0. The Balaban J connectivity index is 1.49. The van der Waals surface area contributed by atoms with Gasteiger partial charge >= 0.3 is 0 Å². The first kappa shape index (κ1) is 20.1. The summed E-state index contributed by atoms with van der Waals surface area (Å²) in [5, 5.41) is 6.97. The van der Waals surface area contributed by atoms with Gasteiger partial charge < -0.3 is 14.7 Å². The number of nitrogens with zero attached hydrogens (tertiary/aromatic N) is 4. The fourth-order valence-electron chi connectivity index (χ4n) is 3.51.